The minimum absolute atomic E-state index is 0.210. The average molecular weight is 310 g/mol. The molecule has 0 atom stereocenters. The molecule has 0 aromatic carbocycles. The molecule has 21 heavy (non-hydrogen) atoms. The van der Waals surface area contributed by atoms with Crippen LogP contribution in [0.5, 0.6) is 0 Å². The summed E-state index contributed by atoms with van der Waals surface area (Å²) in [5, 5.41) is 0. The predicted molar refractivity (Wildman–Crippen MR) is 80.5 cm³/mol. The lowest BCUT2D eigenvalue weighted by Gasteiger charge is -2.32. The van der Waals surface area contributed by atoms with Gasteiger partial charge in [0.2, 0.25) is 0 Å². The first kappa shape index (κ1) is 15.7. The van der Waals surface area contributed by atoms with Crippen molar-refractivity contribution in [2.24, 2.45) is 0 Å². The van der Waals surface area contributed by atoms with Crippen molar-refractivity contribution in [1.82, 2.24) is 9.97 Å². The van der Waals surface area contributed by atoms with Gasteiger partial charge in [0.1, 0.15) is 5.76 Å². The van der Waals surface area contributed by atoms with Crippen molar-refractivity contribution in [3.05, 3.63) is 50.4 Å². The van der Waals surface area contributed by atoms with Gasteiger partial charge in [0.25, 0.3) is 5.56 Å². The third kappa shape index (κ3) is 3.49. The lowest BCUT2D eigenvalue weighted by Crippen LogP contribution is -2.34. The molecular formula is C14H18N2O4S. The first-order valence-electron chi connectivity index (χ1n) is 6.39. The molecule has 0 unspecified atom stereocenters. The first-order chi connectivity index (χ1) is 10.0. The Kier molecular flexibility index (Phi) is 4.76. The number of rotatable bonds is 5. The van der Waals surface area contributed by atoms with Crippen molar-refractivity contribution in [1.29, 1.82) is 0 Å². The zero-order valence-corrected chi connectivity index (χ0v) is 13.0. The molecule has 7 heteroatoms. The lowest BCUT2D eigenvalue weighted by molar-refractivity contribution is -0.174. The highest BCUT2D eigenvalue weighted by atomic mass is 32.1. The number of H-pyrrole nitrogens is 2. The van der Waals surface area contributed by atoms with Gasteiger partial charge in [-0.15, -0.1) is 0 Å². The summed E-state index contributed by atoms with van der Waals surface area (Å²) in [4.78, 5) is 17.3. The number of methoxy groups -OCH3 is 3. The highest BCUT2D eigenvalue weighted by Gasteiger charge is 2.32. The van der Waals surface area contributed by atoms with Crippen LogP contribution in [0.25, 0.3) is 0 Å². The van der Waals surface area contributed by atoms with Crippen molar-refractivity contribution in [2.45, 2.75) is 18.6 Å². The molecule has 1 aliphatic carbocycles. The van der Waals surface area contributed by atoms with Crippen molar-refractivity contribution in [3.63, 3.8) is 0 Å². The van der Waals surface area contributed by atoms with Gasteiger partial charge >= 0.3 is 0 Å². The van der Waals surface area contributed by atoms with Crippen LogP contribution in [0, 0.1) is 4.77 Å². The Labute approximate surface area is 127 Å². The van der Waals surface area contributed by atoms with E-state index in [4.69, 9.17) is 26.4 Å². The summed E-state index contributed by atoms with van der Waals surface area (Å²) in [5.74, 6) is -0.138. The summed E-state index contributed by atoms with van der Waals surface area (Å²) < 4.78 is 16.5. The zero-order valence-electron chi connectivity index (χ0n) is 12.2. The molecule has 0 fully saturated rings. The minimum Gasteiger partial charge on any atom is -0.501 e. The van der Waals surface area contributed by atoms with Gasteiger partial charge in [0, 0.05) is 32.4 Å². The van der Waals surface area contributed by atoms with E-state index in [1.165, 1.54) is 0 Å². The van der Waals surface area contributed by atoms with Crippen LogP contribution < -0.4 is 5.56 Å². The number of hydrogen-bond donors (Lipinski definition) is 2. The molecule has 6 nitrogen and oxygen atoms in total. The molecule has 0 saturated heterocycles. The average Bonchev–Trinajstić information content (AvgIpc) is 2.49. The SMILES string of the molecule is COC1=CC(Cc2c[nH]c(=S)[nH]c2=O)=CC(OC)(OC)C1. The summed E-state index contributed by atoms with van der Waals surface area (Å²) in [5.41, 5.74) is 1.24. The third-order valence-electron chi connectivity index (χ3n) is 3.42. The van der Waals surface area contributed by atoms with Crippen LogP contribution in [0.3, 0.4) is 0 Å². The van der Waals surface area contributed by atoms with Crippen LogP contribution in [0.4, 0.5) is 0 Å². The summed E-state index contributed by atoms with van der Waals surface area (Å²) in [6.45, 7) is 0. The quantitative estimate of drug-likeness (QED) is 0.641. The molecule has 0 bridgehead atoms. The Morgan fingerprint density at radius 1 is 1.33 bits per heavy atom. The van der Waals surface area contributed by atoms with Gasteiger partial charge in [-0.1, -0.05) is 0 Å². The number of nitrogens with one attached hydrogen (secondary N) is 2. The predicted octanol–water partition coefficient (Wildman–Crippen LogP) is 1.82. The Morgan fingerprint density at radius 3 is 2.62 bits per heavy atom. The Balaban J connectivity index is 2.36. The largest absolute Gasteiger partial charge is 0.501 e. The second-order valence-electron chi connectivity index (χ2n) is 4.70. The van der Waals surface area contributed by atoms with E-state index in [1.54, 1.807) is 27.5 Å². The standard InChI is InChI=1S/C14H18N2O4S/c1-18-11-5-9(6-14(7-11,19-2)20-3)4-10-8-15-13(21)16-12(10)17/h5-6,8H,4,7H2,1-3H3,(H2,15,16,17,21). The smallest absolute Gasteiger partial charge is 0.255 e. The fraction of sp³-hybridized carbons (Fsp3) is 0.429. The fourth-order valence-electron chi connectivity index (χ4n) is 2.24. The van der Waals surface area contributed by atoms with Crippen molar-refractivity contribution < 1.29 is 14.2 Å². The van der Waals surface area contributed by atoms with Gasteiger partial charge in [0.05, 0.1) is 13.5 Å². The van der Waals surface area contributed by atoms with Crippen LogP contribution >= 0.6 is 12.2 Å². The van der Waals surface area contributed by atoms with Crippen LogP contribution in [0.1, 0.15) is 12.0 Å². The van der Waals surface area contributed by atoms with E-state index < -0.39 is 5.79 Å². The fourth-order valence-corrected chi connectivity index (χ4v) is 2.40. The Morgan fingerprint density at radius 2 is 2.05 bits per heavy atom. The second-order valence-corrected chi connectivity index (χ2v) is 5.11. The summed E-state index contributed by atoms with van der Waals surface area (Å²) in [6, 6.07) is 0. The monoisotopic (exact) mass is 310 g/mol. The summed E-state index contributed by atoms with van der Waals surface area (Å²) >= 11 is 4.88. The molecule has 1 aromatic heterocycles. The third-order valence-corrected chi connectivity index (χ3v) is 3.64. The summed E-state index contributed by atoms with van der Waals surface area (Å²) in [6.07, 6.45) is 6.25. The van der Waals surface area contributed by atoms with Gasteiger partial charge < -0.3 is 19.2 Å². The molecule has 1 aliphatic rings. The van der Waals surface area contributed by atoms with E-state index in [2.05, 4.69) is 9.97 Å². The highest BCUT2D eigenvalue weighted by molar-refractivity contribution is 7.71. The second kappa shape index (κ2) is 6.38. The molecule has 2 N–H and O–H groups in total. The molecule has 0 spiro atoms. The molecule has 0 saturated carbocycles. The highest BCUT2D eigenvalue weighted by Crippen LogP contribution is 2.31. The Bertz CT molecular complexity index is 683. The number of allylic oxidation sites excluding steroid dienone is 2. The van der Waals surface area contributed by atoms with Crippen molar-refractivity contribution in [3.8, 4) is 0 Å². The number of aromatic amines is 2. The number of ether oxygens (including phenoxy) is 3. The lowest BCUT2D eigenvalue weighted by atomic mass is 9.95. The van der Waals surface area contributed by atoms with E-state index in [-0.39, 0.29) is 5.56 Å². The van der Waals surface area contributed by atoms with E-state index >= 15 is 0 Å². The van der Waals surface area contributed by atoms with Gasteiger partial charge in [-0.3, -0.25) is 9.78 Å². The number of hydrogen-bond acceptors (Lipinski definition) is 5. The maximum atomic E-state index is 11.9. The van der Waals surface area contributed by atoms with Crippen molar-refractivity contribution >= 4 is 12.2 Å². The van der Waals surface area contributed by atoms with Gasteiger partial charge in [-0.05, 0) is 29.9 Å². The zero-order chi connectivity index (χ0) is 15.5. The molecule has 1 heterocycles. The Hall–Kier alpha value is -1.70. The van der Waals surface area contributed by atoms with Crippen molar-refractivity contribution in [2.75, 3.05) is 21.3 Å². The van der Waals surface area contributed by atoms with E-state index in [0.29, 0.717) is 23.2 Å². The molecule has 1 aromatic rings. The van der Waals surface area contributed by atoms with Crippen LogP contribution in [-0.4, -0.2) is 37.1 Å². The van der Waals surface area contributed by atoms with Gasteiger partial charge in [-0.25, -0.2) is 0 Å². The maximum absolute atomic E-state index is 11.9. The van der Waals surface area contributed by atoms with Crippen LogP contribution in [0.15, 0.2) is 34.5 Å². The molecule has 2 rings (SSSR count). The van der Waals surface area contributed by atoms with E-state index in [9.17, 15) is 4.79 Å². The first-order valence-corrected chi connectivity index (χ1v) is 6.80. The van der Waals surface area contributed by atoms with Crippen LogP contribution in [0.2, 0.25) is 0 Å². The molecule has 0 radical (unpaired) electrons. The van der Waals surface area contributed by atoms with E-state index in [1.807, 2.05) is 12.2 Å². The van der Waals surface area contributed by atoms with Crippen LogP contribution in [-0.2, 0) is 20.6 Å². The molecular weight excluding hydrogens is 292 g/mol. The maximum Gasteiger partial charge on any atom is 0.255 e. The van der Waals surface area contributed by atoms with Gasteiger partial charge in [-0.2, -0.15) is 0 Å². The normalized spacial score (nSPS) is 17.1. The molecule has 0 amide bonds. The minimum atomic E-state index is -0.871. The number of aromatic nitrogens is 2. The van der Waals surface area contributed by atoms with E-state index in [0.717, 1.165) is 11.3 Å². The topological polar surface area (TPSA) is 76.3 Å². The molecule has 114 valence electrons. The molecule has 0 aliphatic heterocycles. The summed E-state index contributed by atoms with van der Waals surface area (Å²) in [7, 11) is 4.74. The van der Waals surface area contributed by atoms with Gasteiger partial charge in [0.15, 0.2) is 10.6 Å².